The Morgan fingerprint density at radius 1 is 1.43 bits per heavy atom. The van der Waals surface area contributed by atoms with Crippen LogP contribution in [0.4, 0.5) is 0 Å². The van der Waals surface area contributed by atoms with Crippen molar-refractivity contribution in [2.24, 2.45) is 0 Å². The Balaban J connectivity index is 2.73. The van der Waals surface area contributed by atoms with Gasteiger partial charge in [-0.2, -0.15) is 0 Å². The van der Waals surface area contributed by atoms with E-state index in [1.165, 1.54) is 18.3 Å². The van der Waals surface area contributed by atoms with Crippen molar-refractivity contribution in [1.29, 1.82) is 0 Å². The third kappa shape index (κ3) is 3.06. The quantitative estimate of drug-likeness (QED) is 0.724. The van der Waals surface area contributed by atoms with Crippen LogP contribution in [0.3, 0.4) is 0 Å². The van der Waals surface area contributed by atoms with Gasteiger partial charge in [-0.15, -0.1) is 0 Å². The average molecular weight is 213 g/mol. The van der Waals surface area contributed by atoms with Crippen LogP contribution in [0.1, 0.15) is 10.4 Å². The van der Waals surface area contributed by atoms with E-state index in [0.717, 1.165) is 11.8 Å². The summed E-state index contributed by atoms with van der Waals surface area (Å²) in [7, 11) is 0. The largest absolute Gasteiger partial charge is 0.481 e. The summed E-state index contributed by atoms with van der Waals surface area (Å²) in [4.78, 5) is 24.6. The Labute approximate surface area is 83.8 Å². The minimum atomic E-state index is -1.05. The molecule has 0 saturated heterocycles. The monoisotopic (exact) mass is 213 g/mol. The number of hydrogen-bond donors (Lipinski definition) is 2. The van der Waals surface area contributed by atoms with Crippen molar-refractivity contribution in [3.63, 3.8) is 0 Å². The molecule has 14 heavy (non-hydrogen) atoms. The van der Waals surface area contributed by atoms with Gasteiger partial charge in [-0.25, -0.2) is 9.78 Å². The molecule has 6 heteroatoms. The van der Waals surface area contributed by atoms with Crippen molar-refractivity contribution in [3.05, 3.63) is 23.9 Å². The van der Waals surface area contributed by atoms with Gasteiger partial charge < -0.3 is 10.2 Å². The van der Waals surface area contributed by atoms with Crippen LogP contribution < -0.4 is 0 Å². The number of aromatic carboxylic acids is 1. The second-order valence-corrected chi connectivity index (χ2v) is 3.37. The highest BCUT2D eigenvalue weighted by Gasteiger charge is 2.05. The van der Waals surface area contributed by atoms with E-state index in [4.69, 9.17) is 10.2 Å². The lowest BCUT2D eigenvalue weighted by Gasteiger charge is -1.98. The molecule has 0 amide bonds. The molecule has 5 nitrogen and oxygen atoms in total. The van der Waals surface area contributed by atoms with E-state index >= 15 is 0 Å². The lowest BCUT2D eigenvalue weighted by molar-refractivity contribution is -0.133. The van der Waals surface area contributed by atoms with E-state index in [-0.39, 0.29) is 11.3 Å². The molecule has 0 spiro atoms. The third-order valence-electron chi connectivity index (χ3n) is 1.33. The highest BCUT2D eigenvalue weighted by molar-refractivity contribution is 7.99. The summed E-state index contributed by atoms with van der Waals surface area (Å²) in [5.41, 5.74) is 0.105. The Morgan fingerprint density at radius 3 is 2.71 bits per heavy atom. The number of nitrogens with zero attached hydrogens (tertiary/aromatic N) is 1. The predicted molar refractivity (Wildman–Crippen MR) is 49.6 cm³/mol. The Morgan fingerprint density at radius 2 is 2.14 bits per heavy atom. The van der Waals surface area contributed by atoms with Gasteiger partial charge in [0.25, 0.3) is 0 Å². The molecule has 0 aliphatic rings. The molecular weight excluding hydrogens is 206 g/mol. The molecule has 0 atom stereocenters. The van der Waals surface area contributed by atoms with Crippen LogP contribution in [0, 0.1) is 0 Å². The first kappa shape index (κ1) is 10.5. The van der Waals surface area contributed by atoms with Crippen LogP contribution in [0.25, 0.3) is 0 Å². The molecule has 1 rings (SSSR count). The normalized spacial score (nSPS) is 9.71. The van der Waals surface area contributed by atoms with Crippen LogP contribution in [0.5, 0.6) is 0 Å². The summed E-state index contributed by atoms with van der Waals surface area (Å²) in [5.74, 6) is -2.14. The molecule has 0 aliphatic carbocycles. The summed E-state index contributed by atoms with van der Waals surface area (Å²) in [6.07, 6.45) is 1.34. The van der Waals surface area contributed by atoms with Crippen molar-refractivity contribution in [2.75, 3.05) is 5.75 Å². The van der Waals surface area contributed by atoms with E-state index in [1.807, 2.05) is 0 Å². The van der Waals surface area contributed by atoms with Gasteiger partial charge in [-0.1, -0.05) is 11.8 Å². The van der Waals surface area contributed by atoms with Gasteiger partial charge in [0.05, 0.1) is 16.3 Å². The zero-order valence-electron chi connectivity index (χ0n) is 7.01. The SMILES string of the molecule is O=C(O)CSc1cc(C(=O)O)ccn1. The fraction of sp³-hybridized carbons (Fsp3) is 0.125. The number of rotatable bonds is 4. The van der Waals surface area contributed by atoms with Crippen LogP contribution in [-0.4, -0.2) is 32.9 Å². The molecule has 0 aromatic carbocycles. The second kappa shape index (κ2) is 4.61. The van der Waals surface area contributed by atoms with Crippen molar-refractivity contribution < 1.29 is 19.8 Å². The minimum Gasteiger partial charge on any atom is -0.481 e. The fourth-order valence-electron chi connectivity index (χ4n) is 0.757. The number of aliphatic carboxylic acids is 1. The first-order valence-corrected chi connectivity index (χ1v) is 4.62. The number of carbonyl (C=O) groups is 2. The first-order valence-electron chi connectivity index (χ1n) is 3.63. The maximum Gasteiger partial charge on any atom is 0.335 e. The van der Waals surface area contributed by atoms with Crippen molar-refractivity contribution in [2.45, 2.75) is 5.03 Å². The lowest BCUT2D eigenvalue weighted by atomic mass is 10.3. The molecule has 1 aromatic rings. The summed E-state index contributed by atoms with van der Waals surface area (Å²) >= 11 is 0.986. The van der Waals surface area contributed by atoms with E-state index in [9.17, 15) is 9.59 Å². The maximum atomic E-state index is 10.5. The maximum absolute atomic E-state index is 10.5. The first-order chi connectivity index (χ1) is 6.59. The molecule has 1 aromatic heterocycles. The Hall–Kier alpha value is -1.56. The van der Waals surface area contributed by atoms with Crippen LogP contribution in [-0.2, 0) is 4.79 Å². The van der Waals surface area contributed by atoms with Gasteiger partial charge in [0.1, 0.15) is 0 Å². The summed E-state index contributed by atoms with van der Waals surface area (Å²) < 4.78 is 0. The Bertz CT molecular complexity index is 366. The topological polar surface area (TPSA) is 87.5 Å². The van der Waals surface area contributed by atoms with E-state index < -0.39 is 11.9 Å². The van der Waals surface area contributed by atoms with Crippen molar-refractivity contribution >= 4 is 23.7 Å². The molecule has 0 radical (unpaired) electrons. The Kier molecular flexibility index (Phi) is 3.47. The number of carboxylic acid groups (broad SMARTS) is 2. The van der Waals surface area contributed by atoms with Gasteiger partial charge in [0, 0.05) is 6.20 Å². The zero-order valence-corrected chi connectivity index (χ0v) is 7.82. The van der Waals surface area contributed by atoms with Gasteiger partial charge in [0.15, 0.2) is 0 Å². The third-order valence-corrected chi connectivity index (χ3v) is 2.24. The molecule has 0 unspecified atom stereocenters. The average Bonchev–Trinajstić information content (AvgIpc) is 2.15. The van der Waals surface area contributed by atoms with Gasteiger partial charge in [-0.05, 0) is 12.1 Å². The molecule has 1 heterocycles. The number of hydrogen-bond acceptors (Lipinski definition) is 4. The van der Waals surface area contributed by atoms with Crippen LogP contribution in [0.15, 0.2) is 23.4 Å². The molecule has 0 saturated carbocycles. The highest BCUT2D eigenvalue weighted by atomic mass is 32.2. The molecule has 0 aliphatic heterocycles. The molecule has 74 valence electrons. The van der Waals surface area contributed by atoms with Gasteiger partial charge >= 0.3 is 11.9 Å². The van der Waals surface area contributed by atoms with Crippen molar-refractivity contribution in [1.82, 2.24) is 4.98 Å². The molecular formula is C8H7NO4S. The van der Waals surface area contributed by atoms with E-state index in [2.05, 4.69) is 4.98 Å². The van der Waals surface area contributed by atoms with E-state index in [0.29, 0.717) is 5.03 Å². The number of thioether (sulfide) groups is 1. The number of pyridine rings is 1. The molecule has 2 N–H and O–H groups in total. The molecule has 0 fully saturated rings. The van der Waals surface area contributed by atoms with E-state index in [1.54, 1.807) is 0 Å². The fourth-order valence-corrected chi connectivity index (χ4v) is 1.37. The predicted octanol–water partition coefficient (Wildman–Crippen LogP) is 0.956. The minimum absolute atomic E-state index is 0.105. The van der Waals surface area contributed by atoms with Crippen LogP contribution >= 0.6 is 11.8 Å². The highest BCUT2D eigenvalue weighted by Crippen LogP contribution is 2.15. The lowest BCUT2D eigenvalue weighted by Crippen LogP contribution is -2.00. The number of aromatic nitrogens is 1. The smallest absolute Gasteiger partial charge is 0.335 e. The second-order valence-electron chi connectivity index (χ2n) is 2.37. The summed E-state index contributed by atoms with van der Waals surface area (Å²) in [6, 6.07) is 2.70. The van der Waals surface area contributed by atoms with Gasteiger partial charge in [-0.3, -0.25) is 4.79 Å². The van der Waals surface area contributed by atoms with Crippen molar-refractivity contribution in [3.8, 4) is 0 Å². The van der Waals surface area contributed by atoms with Gasteiger partial charge in [0.2, 0.25) is 0 Å². The zero-order chi connectivity index (χ0) is 10.6. The standard InChI is InChI=1S/C8H7NO4S/c10-7(11)4-14-6-3-5(8(12)13)1-2-9-6/h1-3H,4H2,(H,10,11)(H,12,13). The molecule has 0 bridgehead atoms. The summed E-state index contributed by atoms with van der Waals surface area (Å²) in [6.45, 7) is 0. The summed E-state index contributed by atoms with van der Waals surface area (Å²) in [5, 5.41) is 17.4. The van der Waals surface area contributed by atoms with Crippen LogP contribution in [0.2, 0.25) is 0 Å². The number of carboxylic acids is 2.